The third-order valence-electron chi connectivity index (χ3n) is 5.14. The Morgan fingerprint density at radius 1 is 1.21 bits per heavy atom. The Hall–Kier alpha value is -2.41. The topological polar surface area (TPSA) is 88.1 Å². The van der Waals surface area contributed by atoms with Gasteiger partial charge in [-0.15, -0.1) is 12.4 Å². The summed E-state index contributed by atoms with van der Waals surface area (Å²) in [5.41, 5.74) is 15.7. The number of carbonyl (C=O) groups is 1. The number of hydrogen-bond donors (Lipinski definition) is 3. The van der Waals surface area contributed by atoms with Crippen molar-refractivity contribution in [2.45, 2.75) is 25.4 Å². The van der Waals surface area contributed by atoms with Gasteiger partial charge in [0.15, 0.2) is 0 Å². The zero-order valence-corrected chi connectivity index (χ0v) is 16.3. The van der Waals surface area contributed by atoms with Crippen LogP contribution in [0.1, 0.15) is 28.9 Å². The van der Waals surface area contributed by atoms with Crippen molar-refractivity contribution < 1.29 is 9.18 Å². The molecule has 0 aliphatic carbocycles. The van der Waals surface area contributed by atoms with Crippen LogP contribution in [-0.2, 0) is 6.54 Å². The van der Waals surface area contributed by atoms with Gasteiger partial charge in [0.05, 0.1) is 0 Å². The van der Waals surface area contributed by atoms with E-state index in [1.807, 2.05) is 24.3 Å². The molecule has 0 saturated carbocycles. The van der Waals surface area contributed by atoms with Crippen LogP contribution in [0.3, 0.4) is 0 Å². The lowest BCUT2D eigenvalue weighted by atomic mass is 9.97. The highest BCUT2D eigenvalue weighted by molar-refractivity contribution is 6.11. The number of aromatic amines is 1. The van der Waals surface area contributed by atoms with Gasteiger partial charge in [0, 0.05) is 35.6 Å². The van der Waals surface area contributed by atoms with E-state index in [4.69, 9.17) is 11.5 Å². The largest absolute Gasteiger partial charge is 0.350 e. The van der Waals surface area contributed by atoms with Crippen LogP contribution in [0, 0.1) is 5.82 Å². The predicted molar refractivity (Wildman–Crippen MR) is 112 cm³/mol. The molecule has 0 saturated heterocycles. The van der Waals surface area contributed by atoms with Crippen molar-refractivity contribution >= 4 is 29.2 Å². The normalized spacial score (nSPS) is 14.2. The molecule has 1 atom stereocenters. The van der Waals surface area contributed by atoms with Gasteiger partial charge in [0.1, 0.15) is 11.5 Å². The molecule has 0 radical (unpaired) electrons. The molecule has 148 valence electrons. The number of H-pyrrole nitrogens is 1. The van der Waals surface area contributed by atoms with Gasteiger partial charge < -0.3 is 21.4 Å². The molecule has 28 heavy (non-hydrogen) atoms. The number of aromatic nitrogens is 1. The van der Waals surface area contributed by atoms with Crippen molar-refractivity contribution in [1.29, 1.82) is 0 Å². The maximum atomic E-state index is 13.9. The van der Waals surface area contributed by atoms with E-state index in [0.717, 1.165) is 40.4 Å². The Balaban J connectivity index is 0.00000225. The molecule has 4 rings (SSSR count). The van der Waals surface area contributed by atoms with Gasteiger partial charge in [-0.1, -0.05) is 24.3 Å². The molecular formula is C21H24ClFN4O. The summed E-state index contributed by atoms with van der Waals surface area (Å²) >= 11 is 0. The molecule has 3 aromatic rings. The van der Waals surface area contributed by atoms with Gasteiger partial charge in [0.2, 0.25) is 0 Å². The molecule has 0 unspecified atom stereocenters. The van der Waals surface area contributed by atoms with Gasteiger partial charge in [-0.05, 0) is 48.7 Å². The van der Waals surface area contributed by atoms with Crippen molar-refractivity contribution in [3.8, 4) is 11.1 Å². The summed E-state index contributed by atoms with van der Waals surface area (Å²) < 4.78 is 13.9. The molecule has 1 aliphatic heterocycles. The second-order valence-corrected chi connectivity index (χ2v) is 7.10. The second-order valence-electron chi connectivity index (χ2n) is 7.10. The van der Waals surface area contributed by atoms with E-state index in [2.05, 4.69) is 4.98 Å². The maximum Gasteiger partial charge on any atom is 0.271 e. The second kappa shape index (κ2) is 8.31. The van der Waals surface area contributed by atoms with Crippen LogP contribution < -0.4 is 11.5 Å². The fourth-order valence-corrected chi connectivity index (χ4v) is 3.86. The highest BCUT2D eigenvalue weighted by Gasteiger charge is 2.30. The minimum Gasteiger partial charge on any atom is -0.350 e. The zero-order chi connectivity index (χ0) is 19.0. The van der Waals surface area contributed by atoms with Gasteiger partial charge in [-0.3, -0.25) is 4.79 Å². The molecule has 5 N–H and O–H groups in total. The molecule has 1 aliphatic rings. The number of nitrogens with two attached hydrogens (primary N) is 2. The number of para-hydroxylation sites is 1. The molecule has 0 bridgehead atoms. The van der Waals surface area contributed by atoms with E-state index < -0.39 is 0 Å². The average molecular weight is 403 g/mol. The lowest BCUT2D eigenvalue weighted by molar-refractivity contribution is 0.0729. The van der Waals surface area contributed by atoms with Crippen LogP contribution in [0.25, 0.3) is 22.0 Å². The number of halogens is 2. The molecule has 5 nitrogen and oxygen atoms in total. The number of carbonyl (C=O) groups excluding carboxylic acids is 1. The number of hydrogen-bond acceptors (Lipinski definition) is 3. The first-order valence-electron chi connectivity index (χ1n) is 9.23. The fourth-order valence-electron chi connectivity index (χ4n) is 3.86. The first kappa shape index (κ1) is 20.3. The maximum absolute atomic E-state index is 13.9. The van der Waals surface area contributed by atoms with Crippen molar-refractivity contribution in [2.75, 3.05) is 13.1 Å². The summed E-state index contributed by atoms with van der Waals surface area (Å²) in [6, 6.07) is 12.3. The third-order valence-corrected chi connectivity index (χ3v) is 5.14. The molecule has 1 aromatic heterocycles. The first-order chi connectivity index (χ1) is 13.1. The summed E-state index contributed by atoms with van der Waals surface area (Å²) in [7, 11) is 0. The standard InChI is InChI=1S/C21H23FN4O.ClH/c22-14-7-8-16-13(10-14)11-26(12-15(24)4-3-9-23)21(27)20-19(16)17-5-1-2-6-18(17)25-20;/h1-2,5-8,10,15,25H,3-4,9,11-12,23-24H2;1H/t15-;/m0./s1. The molecular weight excluding hydrogens is 379 g/mol. The quantitative estimate of drug-likeness (QED) is 0.611. The predicted octanol–water partition coefficient (Wildman–Crippen LogP) is 3.42. The van der Waals surface area contributed by atoms with Crippen molar-refractivity contribution in [3.05, 3.63) is 59.5 Å². The minimum absolute atomic E-state index is 0. The Morgan fingerprint density at radius 3 is 2.79 bits per heavy atom. The van der Waals surface area contributed by atoms with E-state index in [1.54, 1.807) is 11.0 Å². The van der Waals surface area contributed by atoms with Crippen LogP contribution in [0.4, 0.5) is 4.39 Å². The van der Waals surface area contributed by atoms with Gasteiger partial charge in [0.25, 0.3) is 5.91 Å². The third kappa shape index (κ3) is 3.63. The number of fused-ring (bicyclic) bond motifs is 5. The summed E-state index contributed by atoms with van der Waals surface area (Å²) in [5, 5.41) is 0.961. The first-order valence-corrected chi connectivity index (χ1v) is 9.23. The minimum atomic E-state index is -0.308. The Labute approximate surface area is 169 Å². The lowest BCUT2D eigenvalue weighted by Crippen LogP contribution is -2.40. The van der Waals surface area contributed by atoms with Gasteiger partial charge in [-0.2, -0.15) is 0 Å². The van der Waals surface area contributed by atoms with E-state index in [1.165, 1.54) is 12.1 Å². The summed E-state index contributed by atoms with van der Waals surface area (Å²) in [6.45, 7) is 1.31. The van der Waals surface area contributed by atoms with Crippen LogP contribution >= 0.6 is 12.4 Å². The van der Waals surface area contributed by atoms with E-state index in [9.17, 15) is 9.18 Å². The lowest BCUT2D eigenvalue weighted by Gasteiger charge is -2.24. The number of rotatable bonds is 5. The Bertz CT molecular complexity index is 1000. The Morgan fingerprint density at radius 2 is 2.00 bits per heavy atom. The van der Waals surface area contributed by atoms with Crippen molar-refractivity contribution in [1.82, 2.24) is 9.88 Å². The number of nitrogens with zero attached hydrogens (tertiary/aromatic N) is 1. The Kier molecular flexibility index (Phi) is 6.03. The van der Waals surface area contributed by atoms with Crippen molar-refractivity contribution in [2.24, 2.45) is 11.5 Å². The van der Waals surface area contributed by atoms with Crippen LogP contribution in [-0.4, -0.2) is 34.9 Å². The average Bonchev–Trinajstić information content (AvgIpc) is 3.00. The van der Waals surface area contributed by atoms with Crippen LogP contribution in [0.5, 0.6) is 0 Å². The molecule has 2 heterocycles. The number of benzene rings is 2. The highest BCUT2D eigenvalue weighted by atomic mass is 35.5. The van der Waals surface area contributed by atoms with E-state index >= 15 is 0 Å². The van der Waals surface area contributed by atoms with E-state index in [-0.39, 0.29) is 30.2 Å². The van der Waals surface area contributed by atoms with Crippen LogP contribution in [0.15, 0.2) is 42.5 Å². The van der Waals surface area contributed by atoms with Gasteiger partial charge in [-0.25, -0.2) is 4.39 Å². The zero-order valence-electron chi connectivity index (χ0n) is 15.5. The fraction of sp³-hybridized carbons (Fsp3) is 0.286. The smallest absolute Gasteiger partial charge is 0.271 e. The summed E-state index contributed by atoms with van der Waals surface area (Å²) in [6.07, 6.45) is 1.56. The number of nitrogens with one attached hydrogen (secondary N) is 1. The summed E-state index contributed by atoms with van der Waals surface area (Å²) in [4.78, 5) is 18.3. The summed E-state index contributed by atoms with van der Waals surface area (Å²) in [5.74, 6) is -0.419. The SMILES string of the molecule is Cl.NCCC[C@H](N)CN1Cc2cc(F)ccc2-c2c([nH]c3ccccc23)C1=O. The van der Waals surface area contributed by atoms with E-state index in [0.29, 0.717) is 25.3 Å². The molecule has 1 amide bonds. The van der Waals surface area contributed by atoms with Gasteiger partial charge >= 0.3 is 0 Å². The molecule has 2 aromatic carbocycles. The number of amides is 1. The van der Waals surface area contributed by atoms with Crippen molar-refractivity contribution in [3.63, 3.8) is 0 Å². The highest BCUT2D eigenvalue weighted by Crippen LogP contribution is 2.38. The van der Waals surface area contributed by atoms with Crippen LogP contribution in [0.2, 0.25) is 0 Å². The monoisotopic (exact) mass is 402 g/mol. The molecule has 7 heteroatoms. The molecule has 0 spiro atoms. The molecule has 0 fully saturated rings.